The summed E-state index contributed by atoms with van der Waals surface area (Å²) in [6, 6.07) is 0. The lowest BCUT2D eigenvalue weighted by atomic mass is 9.89. The average molecular weight is 267 g/mol. The minimum absolute atomic E-state index is 0.635. The molecule has 0 aromatic rings. The highest BCUT2D eigenvalue weighted by atomic mass is 14.1. The van der Waals surface area contributed by atoms with Gasteiger partial charge in [0.25, 0.3) is 0 Å². The van der Waals surface area contributed by atoms with Gasteiger partial charge in [0.2, 0.25) is 0 Å². The van der Waals surface area contributed by atoms with Gasteiger partial charge in [-0.3, -0.25) is 0 Å². The molecule has 0 heterocycles. The average Bonchev–Trinajstić information content (AvgIpc) is 2.34. The van der Waals surface area contributed by atoms with Crippen molar-refractivity contribution in [1.29, 1.82) is 0 Å². The van der Waals surface area contributed by atoms with Gasteiger partial charge in [0.05, 0.1) is 0 Å². The minimum Gasteiger partial charge on any atom is -0.0625 e. The number of hydrogen-bond donors (Lipinski definition) is 0. The van der Waals surface area contributed by atoms with Crippen LogP contribution in [0.25, 0.3) is 0 Å². The second kappa shape index (κ2) is 13.0. The van der Waals surface area contributed by atoms with E-state index < -0.39 is 0 Å². The summed E-state index contributed by atoms with van der Waals surface area (Å²) < 4.78 is 0. The van der Waals surface area contributed by atoms with Crippen molar-refractivity contribution >= 4 is 0 Å². The zero-order valence-corrected chi connectivity index (χ0v) is 13.9. The van der Waals surface area contributed by atoms with E-state index in [2.05, 4.69) is 34.6 Å². The molecule has 0 N–H and O–H groups in total. The molecule has 0 saturated carbocycles. The van der Waals surface area contributed by atoms with Gasteiger partial charge >= 0.3 is 0 Å². The summed E-state index contributed by atoms with van der Waals surface area (Å²) in [5, 5.41) is 0. The number of rotatable bonds is 13. The summed E-state index contributed by atoms with van der Waals surface area (Å²) in [6.07, 6.45) is 15.0. The SMILES string of the molecule is [CH2]CCCCCC(C)CC(C)CCCCCC([CH2])C. The molecular weight excluding hydrogens is 228 g/mol. The molecule has 0 saturated heterocycles. The molecule has 0 amide bonds. The monoisotopic (exact) mass is 266 g/mol. The molecule has 0 aliphatic carbocycles. The van der Waals surface area contributed by atoms with Crippen molar-refractivity contribution in [3.8, 4) is 0 Å². The maximum absolute atomic E-state index is 4.05. The topological polar surface area (TPSA) is 0 Å². The fraction of sp³-hybridized carbons (Fsp3) is 0.895. The second-order valence-electron chi connectivity index (χ2n) is 6.89. The third-order valence-corrected chi connectivity index (χ3v) is 4.15. The minimum atomic E-state index is 0.635. The van der Waals surface area contributed by atoms with Gasteiger partial charge in [0.1, 0.15) is 0 Å². The van der Waals surface area contributed by atoms with Crippen LogP contribution in [0.5, 0.6) is 0 Å². The Bertz CT molecular complexity index is 171. The van der Waals surface area contributed by atoms with E-state index in [4.69, 9.17) is 0 Å². The first-order chi connectivity index (χ1) is 9.06. The molecule has 0 fully saturated rings. The Morgan fingerprint density at radius 2 is 1.16 bits per heavy atom. The Kier molecular flexibility index (Phi) is 13.0. The van der Waals surface area contributed by atoms with E-state index in [-0.39, 0.29) is 0 Å². The Hall–Kier alpha value is 0. The van der Waals surface area contributed by atoms with Gasteiger partial charge in [-0.1, -0.05) is 98.8 Å². The van der Waals surface area contributed by atoms with Crippen molar-refractivity contribution in [2.45, 2.75) is 91.4 Å². The molecular formula is C19H38. The predicted molar refractivity (Wildman–Crippen MR) is 89.0 cm³/mol. The van der Waals surface area contributed by atoms with Gasteiger partial charge in [-0.05, 0) is 24.2 Å². The van der Waals surface area contributed by atoms with Crippen LogP contribution in [0.1, 0.15) is 91.4 Å². The van der Waals surface area contributed by atoms with Crippen LogP contribution in [0, 0.1) is 31.6 Å². The largest absolute Gasteiger partial charge is 0.0625 e. The molecule has 0 bridgehead atoms. The summed E-state index contributed by atoms with van der Waals surface area (Å²) in [5.41, 5.74) is 0. The van der Waals surface area contributed by atoms with Crippen LogP contribution in [0.2, 0.25) is 0 Å². The van der Waals surface area contributed by atoms with E-state index in [9.17, 15) is 0 Å². The van der Waals surface area contributed by atoms with Gasteiger partial charge in [-0.2, -0.15) is 0 Å². The van der Waals surface area contributed by atoms with E-state index in [1.54, 1.807) is 0 Å². The quantitative estimate of drug-likeness (QED) is 0.320. The Labute approximate surface area is 123 Å². The van der Waals surface area contributed by atoms with Crippen LogP contribution in [0.3, 0.4) is 0 Å². The van der Waals surface area contributed by atoms with Crippen molar-refractivity contribution < 1.29 is 0 Å². The highest BCUT2D eigenvalue weighted by Crippen LogP contribution is 2.22. The van der Waals surface area contributed by atoms with Crippen LogP contribution >= 0.6 is 0 Å². The molecule has 0 aromatic heterocycles. The standard InChI is InChI=1S/C19H38/c1-6-7-8-11-14-18(4)16-19(5)15-12-9-10-13-17(2)3/h17-19H,1-2,6-16H2,3-5H3. The van der Waals surface area contributed by atoms with E-state index in [1.165, 1.54) is 64.2 Å². The zero-order chi connectivity index (χ0) is 14.5. The molecule has 0 rings (SSSR count). The van der Waals surface area contributed by atoms with Crippen LogP contribution in [-0.4, -0.2) is 0 Å². The highest BCUT2D eigenvalue weighted by Gasteiger charge is 2.08. The van der Waals surface area contributed by atoms with Crippen molar-refractivity contribution in [2.75, 3.05) is 0 Å². The molecule has 2 radical (unpaired) electrons. The molecule has 0 spiro atoms. The lowest BCUT2D eigenvalue weighted by Gasteiger charge is -2.17. The maximum Gasteiger partial charge on any atom is -0.0440 e. The predicted octanol–water partition coefficient (Wildman–Crippen LogP) is 6.85. The number of hydrogen-bond acceptors (Lipinski definition) is 0. The summed E-state index contributed by atoms with van der Waals surface area (Å²) >= 11 is 0. The smallest absolute Gasteiger partial charge is 0.0440 e. The van der Waals surface area contributed by atoms with Crippen LogP contribution in [-0.2, 0) is 0 Å². The Morgan fingerprint density at radius 3 is 1.63 bits per heavy atom. The Balaban J connectivity index is 3.38. The molecule has 0 aromatic carbocycles. The maximum atomic E-state index is 4.05. The lowest BCUT2D eigenvalue weighted by molar-refractivity contribution is 0.356. The van der Waals surface area contributed by atoms with Gasteiger partial charge < -0.3 is 0 Å². The molecule has 3 atom stereocenters. The first-order valence-corrected chi connectivity index (χ1v) is 8.68. The summed E-state index contributed by atoms with van der Waals surface area (Å²) in [6.45, 7) is 15.1. The van der Waals surface area contributed by atoms with E-state index in [0.717, 1.165) is 18.3 Å². The van der Waals surface area contributed by atoms with Crippen LogP contribution < -0.4 is 0 Å². The van der Waals surface area contributed by atoms with Gasteiger partial charge in [-0.15, -0.1) is 0 Å². The first kappa shape index (κ1) is 19.0. The lowest BCUT2D eigenvalue weighted by Crippen LogP contribution is -2.03. The van der Waals surface area contributed by atoms with Crippen molar-refractivity contribution in [3.63, 3.8) is 0 Å². The molecule has 0 nitrogen and oxygen atoms in total. The van der Waals surface area contributed by atoms with Crippen molar-refractivity contribution in [2.24, 2.45) is 17.8 Å². The van der Waals surface area contributed by atoms with Gasteiger partial charge in [-0.25, -0.2) is 0 Å². The molecule has 114 valence electrons. The fourth-order valence-corrected chi connectivity index (χ4v) is 2.93. The van der Waals surface area contributed by atoms with E-state index >= 15 is 0 Å². The fourth-order valence-electron chi connectivity index (χ4n) is 2.93. The molecule has 19 heavy (non-hydrogen) atoms. The van der Waals surface area contributed by atoms with Gasteiger partial charge in [0.15, 0.2) is 0 Å². The molecule has 0 aliphatic heterocycles. The third kappa shape index (κ3) is 14.2. The zero-order valence-electron chi connectivity index (χ0n) is 13.9. The van der Waals surface area contributed by atoms with Crippen molar-refractivity contribution in [3.05, 3.63) is 13.8 Å². The summed E-state index contributed by atoms with van der Waals surface area (Å²) in [7, 11) is 0. The van der Waals surface area contributed by atoms with E-state index in [1.807, 2.05) is 0 Å². The second-order valence-corrected chi connectivity index (χ2v) is 6.89. The van der Waals surface area contributed by atoms with E-state index in [0.29, 0.717) is 5.92 Å². The highest BCUT2D eigenvalue weighted by molar-refractivity contribution is 4.62. The third-order valence-electron chi connectivity index (χ3n) is 4.15. The first-order valence-electron chi connectivity index (χ1n) is 8.68. The van der Waals surface area contributed by atoms with Crippen molar-refractivity contribution in [1.82, 2.24) is 0 Å². The summed E-state index contributed by atoms with van der Waals surface area (Å²) in [5.74, 6) is 2.47. The van der Waals surface area contributed by atoms with Crippen LogP contribution in [0.15, 0.2) is 0 Å². The van der Waals surface area contributed by atoms with Gasteiger partial charge in [0, 0.05) is 0 Å². The number of unbranched alkanes of at least 4 members (excludes halogenated alkanes) is 5. The molecule has 0 heteroatoms. The molecule has 3 unspecified atom stereocenters. The normalized spacial score (nSPS) is 14.8. The Morgan fingerprint density at radius 1 is 0.684 bits per heavy atom. The summed E-state index contributed by atoms with van der Waals surface area (Å²) in [4.78, 5) is 0. The molecule has 0 aliphatic rings. The van der Waals surface area contributed by atoms with Crippen LogP contribution in [0.4, 0.5) is 0 Å².